The number of carbonyl (C=O) groups excluding carboxylic acids is 2. The van der Waals surface area contributed by atoms with Crippen LogP contribution in [0.1, 0.15) is 24.3 Å². The second kappa shape index (κ2) is 5.38. The molecule has 0 radical (unpaired) electrons. The zero-order valence-corrected chi connectivity index (χ0v) is 8.95. The van der Waals surface area contributed by atoms with E-state index >= 15 is 0 Å². The van der Waals surface area contributed by atoms with Crippen molar-refractivity contribution in [1.82, 2.24) is 0 Å². The third-order valence-corrected chi connectivity index (χ3v) is 2.31. The van der Waals surface area contributed by atoms with Crippen molar-refractivity contribution in [3.63, 3.8) is 0 Å². The van der Waals surface area contributed by atoms with E-state index in [1.54, 1.807) is 0 Å². The molecule has 1 rings (SSSR count). The Balaban J connectivity index is 2.96. The predicted octanol–water partition coefficient (Wildman–Crippen LogP) is 0.799. The van der Waals surface area contributed by atoms with Crippen LogP contribution in [0.15, 0.2) is 18.2 Å². The highest BCUT2D eigenvalue weighted by molar-refractivity contribution is 5.83. The molecule has 0 bridgehead atoms. The highest BCUT2D eigenvalue weighted by atomic mass is 19.1. The van der Waals surface area contributed by atoms with Gasteiger partial charge < -0.3 is 11.5 Å². The first-order valence-corrected chi connectivity index (χ1v) is 4.93. The fourth-order valence-electron chi connectivity index (χ4n) is 1.54. The molecule has 4 nitrogen and oxygen atoms in total. The maximum absolute atomic E-state index is 13.0. The molecule has 92 valence electrons. The highest BCUT2D eigenvalue weighted by Crippen LogP contribution is 2.22. The first-order chi connectivity index (χ1) is 7.90. The van der Waals surface area contributed by atoms with Crippen LogP contribution < -0.4 is 11.5 Å². The van der Waals surface area contributed by atoms with Crippen LogP contribution in [0.5, 0.6) is 0 Å². The lowest BCUT2D eigenvalue weighted by atomic mass is 9.93. The van der Waals surface area contributed by atoms with E-state index in [-0.39, 0.29) is 18.4 Å². The quantitative estimate of drug-likeness (QED) is 0.800. The van der Waals surface area contributed by atoms with E-state index in [0.29, 0.717) is 6.07 Å². The fraction of sp³-hybridized carbons (Fsp3) is 0.273. The average molecular weight is 242 g/mol. The number of benzene rings is 1. The molecule has 0 saturated heterocycles. The zero-order chi connectivity index (χ0) is 13.0. The highest BCUT2D eigenvalue weighted by Gasteiger charge is 2.20. The van der Waals surface area contributed by atoms with E-state index in [9.17, 15) is 18.4 Å². The Hall–Kier alpha value is -1.98. The third-order valence-electron chi connectivity index (χ3n) is 2.31. The summed E-state index contributed by atoms with van der Waals surface area (Å²) in [5.74, 6) is -3.88. The number of rotatable bonds is 5. The van der Waals surface area contributed by atoms with E-state index < -0.39 is 29.4 Å². The van der Waals surface area contributed by atoms with E-state index in [2.05, 4.69) is 0 Å². The Morgan fingerprint density at radius 2 is 1.65 bits per heavy atom. The minimum absolute atomic E-state index is 0.0353. The number of amides is 2. The summed E-state index contributed by atoms with van der Waals surface area (Å²) >= 11 is 0. The lowest BCUT2D eigenvalue weighted by Crippen LogP contribution is -2.23. The van der Waals surface area contributed by atoms with Gasteiger partial charge in [-0.25, -0.2) is 8.78 Å². The van der Waals surface area contributed by atoms with Crippen molar-refractivity contribution in [1.29, 1.82) is 0 Å². The fourth-order valence-corrected chi connectivity index (χ4v) is 1.54. The molecule has 6 heteroatoms. The molecule has 0 spiro atoms. The molecule has 4 N–H and O–H groups in total. The standard InChI is InChI=1S/C11H12F2N2O2/c12-7-3-6(4-8(13)5-7)9(11(15)17)1-2-10(14)16/h3-5,9H,1-2H2,(H2,14,16)(H2,15,17). The molecule has 0 heterocycles. The summed E-state index contributed by atoms with van der Waals surface area (Å²) in [5.41, 5.74) is 10.2. The number of carbonyl (C=O) groups is 2. The first kappa shape index (κ1) is 13.1. The molecule has 2 amide bonds. The molecular weight excluding hydrogens is 230 g/mol. The second-order valence-corrected chi connectivity index (χ2v) is 3.66. The number of primary amides is 2. The Labute approximate surface area is 96.6 Å². The average Bonchev–Trinajstić information content (AvgIpc) is 2.14. The van der Waals surface area contributed by atoms with Crippen LogP contribution in [0, 0.1) is 11.6 Å². The van der Waals surface area contributed by atoms with Gasteiger partial charge in [0.05, 0.1) is 5.92 Å². The van der Waals surface area contributed by atoms with Gasteiger partial charge in [0.1, 0.15) is 11.6 Å². The summed E-state index contributed by atoms with van der Waals surface area (Å²) < 4.78 is 25.9. The van der Waals surface area contributed by atoms with Crippen LogP contribution in [0.2, 0.25) is 0 Å². The molecule has 1 aromatic rings. The molecule has 0 saturated carbocycles. The van der Waals surface area contributed by atoms with Crippen LogP contribution in [0.25, 0.3) is 0 Å². The van der Waals surface area contributed by atoms with E-state index in [0.717, 1.165) is 12.1 Å². The molecule has 0 aliphatic heterocycles. The van der Waals surface area contributed by atoms with Gasteiger partial charge in [-0.2, -0.15) is 0 Å². The van der Waals surface area contributed by atoms with Crippen molar-refractivity contribution in [2.24, 2.45) is 11.5 Å². The number of hydrogen-bond donors (Lipinski definition) is 2. The predicted molar refractivity (Wildman–Crippen MR) is 56.7 cm³/mol. The molecule has 0 aromatic heterocycles. The van der Waals surface area contributed by atoms with Gasteiger partial charge in [-0.15, -0.1) is 0 Å². The molecule has 1 aromatic carbocycles. The zero-order valence-electron chi connectivity index (χ0n) is 8.95. The van der Waals surface area contributed by atoms with Crippen molar-refractivity contribution in [2.75, 3.05) is 0 Å². The molecule has 17 heavy (non-hydrogen) atoms. The van der Waals surface area contributed by atoms with Gasteiger partial charge in [0.15, 0.2) is 0 Å². The number of halogens is 2. The van der Waals surface area contributed by atoms with Crippen LogP contribution in [-0.2, 0) is 9.59 Å². The van der Waals surface area contributed by atoms with Crippen LogP contribution in [0.4, 0.5) is 8.78 Å². The summed E-state index contributed by atoms with van der Waals surface area (Å²) in [6.45, 7) is 0. The van der Waals surface area contributed by atoms with Crippen molar-refractivity contribution in [3.8, 4) is 0 Å². The van der Waals surface area contributed by atoms with Crippen molar-refractivity contribution in [3.05, 3.63) is 35.4 Å². The molecule has 0 aliphatic carbocycles. The molecule has 1 atom stereocenters. The lowest BCUT2D eigenvalue weighted by Gasteiger charge is -2.12. The van der Waals surface area contributed by atoms with Crippen LogP contribution in [0.3, 0.4) is 0 Å². The minimum Gasteiger partial charge on any atom is -0.370 e. The normalized spacial score (nSPS) is 12.1. The molecule has 0 fully saturated rings. The summed E-state index contributed by atoms with van der Waals surface area (Å²) in [6.07, 6.45) is -0.0424. The SMILES string of the molecule is NC(=O)CCC(C(N)=O)c1cc(F)cc(F)c1. The Kier molecular flexibility index (Phi) is 4.14. The summed E-state index contributed by atoms with van der Waals surface area (Å²) in [5, 5.41) is 0. The first-order valence-electron chi connectivity index (χ1n) is 4.93. The third kappa shape index (κ3) is 3.82. The van der Waals surface area contributed by atoms with Gasteiger partial charge in [0.2, 0.25) is 11.8 Å². The Bertz CT molecular complexity index is 429. The van der Waals surface area contributed by atoms with Gasteiger partial charge in [0, 0.05) is 12.5 Å². The smallest absolute Gasteiger partial charge is 0.224 e. The monoisotopic (exact) mass is 242 g/mol. The largest absolute Gasteiger partial charge is 0.370 e. The van der Waals surface area contributed by atoms with E-state index in [1.807, 2.05) is 0 Å². The van der Waals surface area contributed by atoms with Gasteiger partial charge in [-0.05, 0) is 24.1 Å². The van der Waals surface area contributed by atoms with Crippen LogP contribution in [-0.4, -0.2) is 11.8 Å². The van der Waals surface area contributed by atoms with Crippen molar-refractivity contribution >= 4 is 11.8 Å². The Morgan fingerprint density at radius 3 is 2.06 bits per heavy atom. The van der Waals surface area contributed by atoms with Crippen molar-refractivity contribution < 1.29 is 18.4 Å². The number of nitrogens with two attached hydrogens (primary N) is 2. The van der Waals surface area contributed by atoms with E-state index in [1.165, 1.54) is 0 Å². The Morgan fingerprint density at radius 1 is 1.12 bits per heavy atom. The number of hydrogen-bond acceptors (Lipinski definition) is 2. The maximum atomic E-state index is 13.0. The summed E-state index contributed by atoms with van der Waals surface area (Å²) in [7, 11) is 0. The minimum atomic E-state index is -0.923. The van der Waals surface area contributed by atoms with Gasteiger partial charge in [0.25, 0.3) is 0 Å². The lowest BCUT2D eigenvalue weighted by molar-refractivity contribution is -0.120. The van der Waals surface area contributed by atoms with E-state index in [4.69, 9.17) is 11.5 Å². The summed E-state index contributed by atoms with van der Waals surface area (Å²) in [4.78, 5) is 21.8. The van der Waals surface area contributed by atoms with Crippen molar-refractivity contribution in [2.45, 2.75) is 18.8 Å². The molecule has 0 aliphatic rings. The molecular formula is C11H12F2N2O2. The molecule has 1 unspecified atom stereocenters. The topological polar surface area (TPSA) is 86.2 Å². The van der Waals surface area contributed by atoms with Gasteiger partial charge in [-0.1, -0.05) is 0 Å². The second-order valence-electron chi connectivity index (χ2n) is 3.66. The van der Waals surface area contributed by atoms with Crippen LogP contribution >= 0.6 is 0 Å². The maximum Gasteiger partial charge on any atom is 0.224 e. The van der Waals surface area contributed by atoms with Gasteiger partial charge >= 0.3 is 0 Å². The summed E-state index contributed by atoms with van der Waals surface area (Å²) in [6, 6.07) is 2.72. The van der Waals surface area contributed by atoms with Gasteiger partial charge in [-0.3, -0.25) is 9.59 Å².